The van der Waals surface area contributed by atoms with Gasteiger partial charge in [-0.3, -0.25) is 9.36 Å². The first-order valence-corrected chi connectivity index (χ1v) is 11.6. The third-order valence-electron chi connectivity index (χ3n) is 5.21. The van der Waals surface area contributed by atoms with Crippen LogP contribution in [0, 0.1) is 5.92 Å². The van der Waals surface area contributed by atoms with E-state index in [9.17, 15) is 18.0 Å². The van der Waals surface area contributed by atoms with Gasteiger partial charge in [0.1, 0.15) is 0 Å². The third-order valence-corrected chi connectivity index (χ3v) is 7.11. The number of aryl methyl sites for hydroxylation is 1. The molecule has 1 aromatic heterocycles. The fourth-order valence-corrected chi connectivity index (χ4v) is 5.24. The molecular formula is C20H29N3O5S. The molecule has 0 spiro atoms. The number of rotatable bonds is 8. The minimum Gasteiger partial charge on any atom is -0.408 e. The molecule has 0 unspecified atom stereocenters. The van der Waals surface area contributed by atoms with Crippen LogP contribution >= 0.6 is 0 Å². The molecule has 29 heavy (non-hydrogen) atoms. The minimum atomic E-state index is -3.58. The van der Waals surface area contributed by atoms with Gasteiger partial charge in [0.15, 0.2) is 5.58 Å². The molecule has 1 fully saturated rings. The van der Waals surface area contributed by atoms with E-state index in [1.165, 1.54) is 21.0 Å². The van der Waals surface area contributed by atoms with Crippen LogP contribution in [0.4, 0.5) is 0 Å². The molecular weight excluding hydrogens is 394 g/mol. The monoisotopic (exact) mass is 423 g/mol. The lowest BCUT2D eigenvalue weighted by molar-refractivity contribution is -0.131. The number of benzene rings is 1. The highest BCUT2D eigenvalue weighted by Gasteiger charge is 2.28. The Bertz CT molecular complexity index is 1030. The van der Waals surface area contributed by atoms with Gasteiger partial charge in [-0.05, 0) is 37.8 Å². The molecule has 1 aliphatic rings. The molecule has 1 saturated heterocycles. The molecule has 0 radical (unpaired) electrons. The Morgan fingerprint density at radius 2 is 1.93 bits per heavy atom. The zero-order chi connectivity index (χ0) is 21.2. The van der Waals surface area contributed by atoms with Crippen molar-refractivity contribution in [2.45, 2.75) is 51.5 Å². The van der Waals surface area contributed by atoms with Crippen molar-refractivity contribution < 1.29 is 17.6 Å². The zero-order valence-electron chi connectivity index (χ0n) is 17.3. The Morgan fingerprint density at radius 1 is 1.24 bits per heavy atom. The van der Waals surface area contributed by atoms with Gasteiger partial charge in [-0.15, -0.1) is 0 Å². The van der Waals surface area contributed by atoms with Crippen molar-refractivity contribution in [2.24, 2.45) is 5.92 Å². The van der Waals surface area contributed by atoms with E-state index in [-0.39, 0.29) is 29.4 Å². The molecule has 160 valence electrons. The number of nitrogens with zero attached hydrogens (tertiary/aromatic N) is 3. The Morgan fingerprint density at radius 3 is 2.55 bits per heavy atom. The van der Waals surface area contributed by atoms with Crippen molar-refractivity contribution in [1.82, 2.24) is 13.8 Å². The number of hydrogen-bond donors (Lipinski definition) is 0. The lowest BCUT2D eigenvalue weighted by Gasteiger charge is -2.23. The van der Waals surface area contributed by atoms with E-state index < -0.39 is 15.8 Å². The Kier molecular flexibility index (Phi) is 6.48. The molecule has 0 atom stereocenters. The first-order chi connectivity index (χ1) is 13.7. The summed E-state index contributed by atoms with van der Waals surface area (Å²) in [6.45, 7) is 8.55. The van der Waals surface area contributed by atoms with Crippen molar-refractivity contribution in [3.05, 3.63) is 28.7 Å². The second kappa shape index (κ2) is 8.71. The molecule has 1 aromatic carbocycles. The maximum atomic E-state index is 12.7. The fourth-order valence-electron chi connectivity index (χ4n) is 3.71. The van der Waals surface area contributed by atoms with E-state index in [1.54, 1.807) is 11.0 Å². The molecule has 1 amide bonds. The predicted octanol–water partition coefficient (Wildman–Crippen LogP) is 2.27. The molecule has 2 heterocycles. The smallest absolute Gasteiger partial charge is 0.408 e. The van der Waals surface area contributed by atoms with Crippen LogP contribution in [0.25, 0.3) is 11.1 Å². The SMILES string of the molecule is CCN(CC(C)C)C(=O)CCn1c(=O)oc2cc(S(=O)(=O)N3CCCC3)ccc21. The van der Waals surface area contributed by atoms with E-state index in [0.29, 0.717) is 37.6 Å². The first kappa shape index (κ1) is 21.6. The average molecular weight is 424 g/mol. The van der Waals surface area contributed by atoms with Crippen LogP contribution in [0.1, 0.15) is 40.0 Å². The highest BCUT2D eigenvalue weighted by molar-refractivity contribution is 7.89. The number of carbonyl (C=O) groups excluding carboxylic acids is 1. The van der Waals surface area contributed by atoms with Crippen LogP contribution < -0.4 is 5.76 Å². The van der Waals surface area contributed by atoms with E-state index in [4.69, 9.17) is 4.42 Å². The van der Waals surface area contributed by atoms with Gasteiger partial charge < -0.3 is 9.32 Å². The summed E-state index contributed by atoms with van der Waals surface area (Å²) in [5, 5.41) is 0. The van der Waals surface area contributed by atoms with Crippen molar-refractivity contribution in [2.75, 3.05) is 26.2 Å². The number of oxazole rings is 1. The van der Waals surface area contributed by atoms with Gasteiger partial charge in [-0.1, -0.05) is 13.8 Å². The van der Waals surface area contributed by atoms with Crippen LogP contribution in [0.15, 0.2) is 32.3 Å². The molecule has 3 rings (SSSR count). The summed E-state index contributed by atoms with van der Waals surface area (Å²) >= 11 is 0. The quantitative estimate of drug-likeness (QED) is 0.649. The molecule has 0 N–H and O–H groups in total. The van der Waals surface area contributed by atoms with Gasteiger partial charge >= 0.3 is 5.76 Å². The van der Waals surface area contributed by atoms with Crippen LogP contribution in [0.5, 0.6) is 0 Å². The predicted molar refractivity (Wildman–Crippen MR) is 110 cm³/mol. The Balaban J connectivity index is 1.81. The van der Waals surface area contributed by atoms with Crippen LogP contribution in [0.3, 0.4) is 0 Å². The van der Waals surface area contributed by atoms with Crippen molar-refractivity contribution in [1.29, 1.82) is 0 Å². The average Bonchev–Trinajstić information content (AvgIpc) is 3.31. The van der Waals surface area contributed by atoms with E-state index >= 15 is 0 Å². The first-order valence-electron chi connectivity index (χ1n) is 10.2. The van der Waals surface area contributed by atoms with Crippen molar-refractivity contribution in [3.8, 4) is 0 Å². The summed E-state index contributed by atoms with van der Waals surface area (Å²) < 4.78 is 33.6. The van der Waals surface area contributed by atoms with Gasteiger partial charge in [-0.25, -0.2) is 13.2 Å². The highest BCUT2D eigenvalue weighted by atomic mass is 32.2. The maximum Gasteiger partial charge on any atom is 0.419 e. The summed E-state index contributed by atoms with van der Waals surface area (Å²) in [4.78, 5) is 26.7. The lowest BCUT2D eigenvalue weighted by atomic mass is 10.2. The fraction of sp³-hybridized carbons (Fsp3) is 0.600. The van der Waals surface area contributed by atoms with E-state index in [1.807, 2.05) is 6.92 Å². The molecule has 0 bridgehead atoms. The number of fused-ring (bicyclic) bond motifs is 1. The summed E-state index contributed by atoms with van der Waals surface area (Å²) in [6.07, 6.45) is 1.89. The molecule has 1 aliphatic heterocycles. The molecule has 2 aromatic rings. The van der Waals surface area contributed by atoms with Gasteiger partial charge in [0.2, 0.25) is 15.9 Å². The van der Waals surface area contributed by atoms with E-state index in [0.717, 1.165) is 12.8 Å². The maximum absolute atomic E-state index is 12.7. The number of hydrogen-bond acceptors (Lipinski definition) is 5. The number of sulfonamides is 1. The lowest BCUT2D eigenvalue weighted by Crippen LogP contribution is -2.35. The summed E-state index contributed by atoms with van der Waals surface area (Å²) in [6, 6.07) is 4.49. The van der Waals surface area contributed by atoms with Gasteiger partial charge in [0.05, 0.1) is 10.4 Å². The third kappa shape index (κ3) is 4.56. The number of amides is 1. The van der Waals surface area contributed by atoms with Gasteiger partial charge in [-0.2, -0.15) is 4.31 Å². The number of carbonyl (C=O) groups is 1. The molecule has 0 aliphatic carbocycles. The summed E-state index contributed by atoms with van der Waals surface area (Å²) in [5.41, 5.74) is 0.715. The van der Waals surface area contributed by atoms with Crippen LogP contribution in [0.2, 0.25) is 0 Å². The van der Waals surface area contributed by atoms with E-state index in [2.05, 4.69) is 13.8 Å². The molecule has 0 saturated carbocycles. The minimum absolute atomic E-state index is 0.0179. The second-order valence-corrected chi connectivity index (χ2v) is 9.77. The number of aromatic nitrogens is 1. The van der Waals surface area contributed by atoms with Crippen LogP contribution in [-0.4, -0.2) is 54.3 Å². The normalized spacial score (nSPS) is 15.4. The zero-order valence-corrected chi connectivity index (χ0v) is 18.1. The van der Waals surface area contributed by atoms with Gasteiger partial charge in [0, 0.05) is 45.2 Å². The topological polar surface area (TPSA) is 92.8 Å². The largest absolute Gasteiger partial charge is 0.419 e. The van der Waals surface area contributed by atoms with Gasteiger partial charge in [0.25, 0.3) is 0 Å². The summed E-state index contributed by atoms with van der Waals surface area (Å²) in [7, 11) is -3.58. The molecule has 8 nitrogen and oxygen atoms in total. The molecule has 9 heteroatoms. The second-order valence-electron chi connectivity index (χ2n) is 7.84. The summed E-state index contributed by atoms with van der Waals surface area (Å²) in [5.74, 6) is -0.238. The van der Waals surface area contributed by atoms with Crippen LogP contribution in [-0.2, 0) is 21.4 Å². The standard InChI is InChI=1S/C20H29N3O5S/c1-4-21(14-15(2)3)19(24)9-12-23-17-8-7-16(13-18(17)28-20(23)25)29(26,27)22-10-5-6-11-22/h7-8,13,15H,4-6,9-12,14H2,1-3H3. The highest BCUT2D eigenvalue weighted by Crippen LogP contribution is 2.24. The van der Waals surface area contributed by atoms with Crippen molar-refractivity contribution >= 4 is 27.0 Å². The Hall–Kier alpha value is -2.13. The Labute approximate surface area is 171 Å². The van der Waals surface area contributed by atoms with Crippen molar-refractivity contribution in [3.63, 3.8) is 0 Å².